The zero-order valence-corrected chi connectivity index (χ0v) is 22.9. The first-order valence-corrected chi connectivity index (χ1v) is 13.6. The quantitative estimate of drug-likeness (QED) is 0.220. The fraction of sp³-hybridized carbons (Fsp3) is 0.258. The molecule has 40 heavy (non-hydrogen) atoms. The molecule has 3 aromatic carbocycles. The van der Waals surface area contributed by atoms with Crippen LogP contribution in [0.15, 0.2) is 97.8 Å². The zero-order valence-electron chi connectivity index (χ0n) is 22.2. The van der Waals surface area contributed by atoms with Gasteiger partial charge in [0, 0.05) is 35.1 Å². The number of imidazole rings is 1. The molecule has 2 atom stereocenters. The van der Waals surface area contributed by atoms with Gasteiger partial charge in [-0.3, -0.25) is 0 Å². The van der Waals surface area contributed by atoms with E-state index >= 15 is 0 Å². The molecule has 1 saturated heterocycles. The van der Waals surface area contributed by atoms with Crippen LogP contribution in [-0.2, 0) is 34.8 Å². The third kappa shape index (κ3) is 5.79. The number of halogens is 1. The third-order valence-electron chi connectivity index (χ3n) is 6.98. The molecule has 0 bridgehead atoms. The van der Waals surface area contributed by atoms with E-state index in [1.165, 1.54) is 11.9 Å². The molecule has 2 aromatic heterocycles. The lowest BCUT2D eigenvalue weighted by atomic mass is 10.0. The first kappa shape index (κ1) is 26.3. The Morgan fingerprint density at radius 3 is 2.70 bits per heavy atom. The van der Waals surface area contributed by atoms with Crippen LogP contribution in [0.2, 0.25) is 5.02 Å². The summed E-state index contributed by atoms with van der Waals surface area (Å²) in [5.41, 5.74) is 4.15. The molecule has 0 spiro atoms. The predicted octanol–water partition coefficient (Wildman–Crippen LogP) is 5.69. The standard InChI is InChI=1S/C31H30ClN5O3/c1-23-7-12-28(29(32)17-23)31(20-37-22-33-21-35-37)39-19-27(40-31)18-38-26-10-8-25(9-11-26)30-34-14-16-36(30)15-13-24-5-3-2-4-6-24/h2-12,14,16-17,21-22,27H,13,15,18-20H2,1H3/t27-,31-/m1/s1. The van der Waals surface area contributed by atoms with Crippen LogP contribution in [-0.4, -0.2) is 43.6 Å². The van der Waals surface area contributed by atoms with E-state index < -0.39 is 5.79 Å². The van der Waals surface area contributed by atoms with Gasteiger partial charge in [0.15, 0.2) is 0 Å². The molecular formula is C31H30ClN5O3. The Kier molecular flexibility index (Phi) is 7.64. The fourth-order valence-corrected chi connectivity index (χ4v) is 5.33. The van der Waals surface area contributed by atoms with Crippen molar-refractivity contribution >= 4 is 11.6 Å². The van der Waals surface area contributed by atoms with Gasteiger partial charge in [-0.2, -0.15) is 5.10 Å². The van der Waals surface area contributed by atoms with Crippen LogP contribution in [0.1, 0.15) is 16.7 Å². The van der Waals surface area contributed by atoms with E-state index in [-0.39, 0.29) is 6.10 Å². The van der Waals surface area contributed by atoms with Crippen LogP contribution < -0.4 is 4.74 Å². The fourth-order valence-electron chi connectivity index (χ4n) is 4.95. The smallest absolute Gasteiger partial charge is 0.217 e. The Morgan fingerprint density at radius 1 is 1.07 bits per heavy atom. The molecule has 0 amide bonds. The van der Waals surface area contributed by atoms with E-state index in [1.54, 1.807) is 11.0 Å². The summed E-state index contributed by atoms with van der Waals surface area (Å²) in [5.74, 6) is 0.590. The highest BCUT2D eigenvalue weighted by molar-refractivity contribution is 6.31. The van der Waals surface area contributed by atoms with Gasteiger partial charge in [-0.25, -0.2) is 14.6 Å². The number of hydrogen-bond acceptors (Lipinski definition) is 6. The van der Waals surface area contributed by atoms with E-state index in [9.17, 15) is 0 Å². The monoisotopic (exact) mass is 555 g/mol. The van der Waals surface area contributed by atoms with Gasteiger partial charge in [0.25, 0.3) is 0 Å². The molecule has 1 aliphatic heterocycles. The lowest BCUT2D eigenvalue weighted by Crippen LogP contribution is -2.35. The maximum atomic E-state index is 6.64. The Hall–Kier alpha value is -3.98. The van der Waals surface area contributed by atoms with Crippen molar-refractivity contribution in [3.05, 3.63) is 120 Å². The predicted molar refractivity (Wildman–Crippen MR) is 152 cm³/mol. The van der Waals surface area contributed by atoms with Crippen molar-refractivity contribution in [2.75, 3.05) is 13.2 Å². The molecule has 3 heterocycles. The molecule has 0 unspecified atom stereocenters. The largest absolute Gasteiger partial charge is 0.491 e. The summed E-state index contributed by atoms with van der Waals surface area (Å²) in [6.07, 6.45) is 7.63. The second-order valence-electron chi connectivity index (χ2n) is 9.90. The van der Waals surface area contributed by atoms with Crippen molar-refractivity contribution in [1.82, 2.24) is 24.3 Å². The number of nitrogens with zero attached hydrogens (tertiary/aromatic N) is 5. The molecule has 1 fully saturated rings. The first-order valence-electron chi connectivity index (χ1n) is 13.3. The summed E-state index contributed by atoms with van der Waals surface area (Å²) in [6, 6.07) is 24.3. The Labute approximate surface area is 238 Å². The zero-order chi connectivity index (χ0) is 27.4. The van der Waals surface area contributed by atoms with Crippen LogP contribution in [0, 0.1) is 6.92 Å². The Balaban J connectivity index is 1.10. The highest BCUT2D eigenvalue weighted by Crippen LogP contribution is 2.40. The molecule has 1 aliphatic rings. The number of ether oxygens (including phenoxy) is 3. The molecule has 6 rings (SSSR count). The highest BCUT2D eigenvalue weighted by atomic mass is 35.5. The number of aromatic nitrogens is 5. The molecule has 9 heteroatoms. The van der Waals surface area contributed by atoms with Crippen molar-refractivity contribution in [1.29, 1.82) is 0 Å². The molecular weight excluding hydrogens is 526 g/mol. The second-order valence-corrected chi connectivity index (χ2v) is 10.3. The van der Waals surface area contributed by atoms with Gasteiger partial charge in [0.1, 0.15) is 43.5 Å². The van der Waals surface area contributed by atoms with Gasteiger partial charge in [0.05, 0.1) is 6.61 Å². The summed E-state index contributed by atoms with van der Waals surface area (Å²) in [6.45, 7) is 3.86. The van der Waals surface area contributed by atoms with Crippen molar-refractivity contribution in [2.24, 2.45) is 0 Å². The normalized spacial score (nSPS) is 18.7. The van der Waals surface area contributed by atoms with Crippen molar-refractivity contribution in [3.63, 3.8) is 0 Å². The van der Waals surface area contributed by atoms with Gasteiger partial charge in [-0.05, 0) is 54.8 Å². The van der Waals surface area contributed by atoms with Crippen LogP contribution >= 0.6 is 11.6 Å². The third-order valence-corrected chi connectivity index (χ3v) is 7.29. The topological polar surface area (TPSA) is 76.2 Å². The van der Waals surface area contributed by atoms with Gasteiger partial charge in [0.2, 0.25) is 5.79 Å². The number of rotatable bonds is 10. The summed E-state index contributed by atoms with van der Waals surface area (Å²) in [4.78, 5) is 8.64. The SMILES string of the molecule is Cc1ccc([C@]2(Cn3cncn3)OC[C@@H](COc3ccc(-c4nccn4CCc4ccccc4)cc3)O2)c(Cl)c1. The minimum atomic E-state index is -1.09. The van der Waals surface area contributed by atoms with E-state index in [1.807, 2.05) is 67.8 Å². The molecule has 0 aliphatic carbocycles. The maximum Gasteiger partial charge on any atom is 0.217 e. The minimum Gasteiger partial charge on any atom is -0.491 e. The molecule has 0 N–H and O–H groups in total. The summed E-state index contributed by atoms with van der Waals surface area (Å²) >= 11 is 6.64. The molecule has 0 saturated carbocycles. The lowest BCUT2D eigenvalue weighted by molar-refractivity contribution is -0.190. The van der Waals surface area contributed by atoms with Crippen molar-refractivity contribution in [3.8, 4) is 17.1 Å². The maximum absolute atomic E-state index is 6.64. The number of aryl methyl sites for hydroxylation is 3. The summed E-state index contributed by atoms with van der Waals surface area (Å²) in [7, 11) is 0. The average Bonchev–Trinajstić information content (AvgIpc) is 3.74. The van der Waals surface area contributed by atoms with Crippen LogP contribution in [0.3, 0.4) is 0 Å². The Morgan fingerprint density at radius 2 is 1.93 bits per heavy atom. The van der Waals surface area contributed by atoms with Crippen LogP contribution in [0.4, 0.5) is 0 Å². The van der Waals surface area contributed by atoms with Gasteiger partial charge < -0.3 is 18.8 Å². The summed E-state index contributed by atoms with van der Waals surface area (Å²) < 4.78 is 22.7. The van der Waals surface area contributed by atoms with Gasteiger partial charge in [-0.1, -0.05) is 54.1 Å². The second kappa shape index (κ2) is 11.6. The Bertz CT molecular complexity index is 1540. The van der Waals surface area contributed by atoms with Crippen LogP contribution in [0.25, 0.3) is 11.4 Å². The van der Waals surface area contributed by atoms with Crippen LogP contribution in [0.5, 0.6) is 5.75 Å². The minimum absolute atomic E-state index is 0.294. The molecule has 204 valence electrons. The van der Waals surface area contributed by atoms with Gasteiger partial charge in [-0.15, -0.1) is 0 Å². The molecule has 8 nitrogen and oxygen atoms in total. The lowest BCUT2D eigenvalue weighted by Gasteiger charge is -2.29. The van der Waals surface area contributed by atoms with E-state index in [0.717, 1.165) is 41.2 Å². The van der Waals surface area contributed by atoms with Crippen molar-refractivity contribution < 1.29 is 14.2 Å². The van der Waals surface area contributed by atoms with Gasteiger partial charge >= 0.3 is 0 Å². The van der Waals surface area contributed by atoms with E-state index in [4.69, 9.17) is 25.8 Å². The number of benzene rings is 3. The average molecular weight is 556 g/mol. The summed E-state index contributed by atoms with van der Waals surface area (Å²) in [5, 5.41) is 4.83. The van der Waals surface area contributed by atoms with Crippen molar-refractivity contribution in [2.45, 2.75) is 38.3 Å². The highest BCUT2D eigenvalue weighted by Gasteiger charge is 2.45. The van der Waals surface area contributed by atoms with E-state index in [2.05, 4.69) is 43.9 Å². The first-order chi connectivity index (χ1) is 19.6. The number of hydrogen-bond donors (Lipinski definition) is 0. The molecule has 0 radical (unpaired) electrons. The molecule has 5 aromatic rings. The van der Waals surface area contributed by atoms with E-state index in [0.29, 0.717) is 24.8 Å².